The Morgan fingerprint density at radius 1 is 1.11 bits per heavy atom. The standard InChI is InChI=1S/C17H34O2/c1-4-5-6-7-8-9-10-16(18)17(19-3)13-11-15(2)12-14-17/h15-16,18H,4-14H2,1-3H3. The van der Waals surface area contributed by atoms with Crippen molar-refractivity contribution in [3.05, 3.63) is 0 Å². The fraction of sp³-hybridized carbons (Fsp3) is 1.00. The van der Waals surface area contributed by atoms with Crippen molar-refractivity contribution in [3.63, 3.8) is 0 Å². The summed E-state index contributed by atoms with van der Waals surface area (Å²) in [7, 11) is 1.78. The fourth-order valence-electron chi connectivity index (χ4n) is 3.31. The lowest BCUT2D eigenvalue weighted by molar-refractivity contribution is -0.130. The third-order valence-electron chi connectivity index (χ3n) is 4.97. The van der Waals surface area contributed by atoms with Gasteiger partial charge in [0, 0.05) is 7.11 Å². The molecule has 1 unspecified atom stereocenters. The van der Waals surface area contributed by atoms with E-state index in [0.717, 1.165) is 31.6 Å². The summed E-state index contributed by atoms with van der Waals surface area (Å²) in [6.45, 7) is 4.55. The van der Waals surface area contributed by atoms with Gasteiger partial charge in [-0.15, -0.1) is 0 Å². The summed E-state index contributed by atoms with van der Waals surface area (Å²) in [5, 5.41) is 10.5. The third-order valence-corrected chi connectivity index (χ3v) is 4.97. The van der Waals surface area contributed by atoms with Gasteiger partial charge in [-0.25, -0.2) is 0 Å². The van der Waals surface area contributed by atoms with Gasteiger partial charge in [-0.1, -0.05) is 52.4 Å². The van der Waals surface area contributed by atoms with E-state index >= 15 is 0 Å². The van der Waals surface area contributed by atoms with Gasteiger partial charge in [-0.05, 0) is 38.0 Å². The molecule has 114 valence electrons. The molecule has 1 fully saturated rings. The maximum Gasteiger partial charge on any atom is 0.0936 e. The fourth-order valence-corrected chi connectivity index (χ4v) is 3.31. The topological polar surface area (TPSA) is 29.5 Å². The van der Waals surface area contributed by atoms with Gasteiger partial charge in [0.2, 0.25) is 0 Å². The molecule has 1 aliphatic carbocycles. The number of hydrogen-bond donors (Lipinski definition) is 1. The van der Waals surface area contributed by atoms with Crippen LogP contribution in [0.25, 0.3) is 0 Å². The number of unbranched alkanes of at least 4 members (excludes halogenated alkanes) is 5. The van der Waals surface area contributed by atoms with Crippen molar-refractivity contribution in [2.45, 2.75) is 96.2 Å². The molecule has 0 aliphatic heterocycles. The molecule has 0 saturated heterocycles. The zero-order valence-corrected chi connectivity index (χ0v) is 13.3. The lowest BCUT2D eigenvalue weighted by atomic mass is 9.75. The quantitative estimate of drug-likeness (QED) is 0.616. The number of aliphatic hydroxyl groups excluding tert-OH is 1. The second kappa shape index (κ2) is 8.97. The van der Waals surface area contributed by atoms with Crippen LogP contribution in [-0.4, -0.2) is 23.9 Å². The van der Waals surface area contributed by atoms with Crippen molar-refractivity contribution in [3.8, 4) is 0 Å². The van der Waals surface area contributed by atoms with Gasteiger partial charge in [-0.2, -0.15) is 0 Å². The van der Waals surface area contributed by atoms with E-state index in [4.69, 9.17) is 4.74 Å². The summed E-state index contributed by atoms with van der Waals surface area (Å²) >= 11 is 0. The van der Waals surface area contributed by atoms with Crippen molar-refractivity contribution in [2.75, 3.05) is 7.11 Å². The number of hydrogen-bond acceptors (Lipinski definition) is 2. The first-order chi connectivity index (χ1) is 9.14. The number of methoxy groups -OCH3 is 1. The third kappa shape index (κ3) is 5.43. The minimum Gasteiger partial charge on any atom is -0.390 e. The van der Waals surface area contributed by atoms with Crippen LogP contribution in [0.5, 0.6) is 0 Å². The highest BCUT2D eigenvalue weighted by Gasteiger charge is 2.40. The SMILES string of the molecule is CCCCCCCCC(O)C1(OC)CCC(C)CC1. The van der Waals surface area contributed by atoms with Crippen LogP contribution in [0.4, 0.5) is 0 Å². The number of ether oxygens (including phenoxy) is 1. The molecule has 0 radical (unpaired) electrons. The van der Waals surface area contributed by atoms with Crippen molar-refractivity contribution in [1.29, 1.82) is 0 Å². The van der Waals surface area contributed by atoms with E-state index in [-0.39, 0.29) is 11.7 Å². The molecular weight excluding hydrogens is 236 g/mol. The highest BCUT2D eigenvalue weighted by molar-refractivity contribution is 4.92. The van der Waals surface area contributed by atoms with Gasteiger partial charge in [0.15, 0.2) is 0 Å². The molecule has 1 N–H and O–H groups in total. The van der Waals surface area contributed by atoms with E-state index in [9.17, 15) is 5.11 Å². The molecule has 1 saturated carbocycles. The van der Waals surface area contributed by atoms with Crippen LogP contribution in [0, 0.1) is 5.92 Å². The Balaban J connectivity index is 2.24. The summed E-state index contributed by atoms with van der Waals surface area (Å²) in [6.07, 6.45) is 12.8. The predicted molar refractivity (Wildman–Crippen MR) is 81.4 cm³/mol. The summed E-state index contributed by atoms with van der Waals surface area (Å²) < 4.78 is 5.73. The molecule has 1 atom stereocenters. The lowest BCUT2D eigenvalue weighted by Gasteiger charge is -2.41. The Kier molecular flexibility index (Phi) is 8.01. The Morgan fingerprint density at radius 2 is 1.68 bits per heavy atom. The van der Waals surface area contributed by atoms with E-state index in [0.29, 0.717) is 0 Å². The molecule has 0 aromatic rings. The zero-order chi connectivity index (χ0) is 14.1. The largest absolute Gasteiger partial charge is 0.390 e. The molecule has 1 rings (SSSR count). The normalized spacial score (nSPS) is 29.4. The molecule has 0 heterocycles. The second-order valence-corrected chi connectivity index (χ2v) is 6.52. The maximum atomic E-state index is 10.5. The highest BCUT2D eigenvalue weighted by Crippen LogP contribution is 2.38. The molecule has 0 bridgehead atoms. The molecule has 1 aliphatic rings. The summed E-state index contributed by atoms with van der Waals surface area (Å²) in [5.41, 5.74) is -0.240. The van der Waals surface area contributed by atoms with Gasteiger partial charge >= 0.3 is 0 Å². The van der Waals surface area contributed by atoms with E-state index in [1.54, 1.807) is 7.11 Å². The van der Waals surface area contributed by atoms with Crippen LogP contribution in [-0.2, 0) is 4.74 Å². The van der Waals surface area contributed by atoms with Gasteiger partial charge in [0.1, 0.15) is 0 Å². The first kappa shape index (κ1) is 17.0. The Labute approximate surface area is 119 Å². The average molecular weight is 270 g/mol. The van der Waals surface area contributed by atoms with E-state index in [1.165, 1.54) is 44.9 Å². The van der Waals surface area contributed by atoms with Gasteiger partial charge < -0.3 is 9.84 Å². The number of rotatable bonds is 9. The molecule has 19 heavy (non-hydrogen) atoms. The van der Waals surface area contributed by atoms with Crippen LogP contribution in [0.3, 0.4) is 0 Å². The Bertz CT molecular complexity index is 219. The molecule has 0 amide bonds. The molecule has 0 spiro atoms. The molecule has 2 heteroatoms. The van der Waals surface area contributed by atoms with Gasteiger partial charge in [0.25, 0.3) is 0 Å². The van der Waals surface area contributed by atoms with Crippen molar-refractivity contribution in [2.24, 2.45) is 5.92 Å². The number of aliphatic hydroxyl groups is 1. The second-order valence-electron chi connectivity index (χ2n) is 6.52. The maximum absolute atomic E-state index is 10.5. The van der Waals surface area contributed by atoms with E-state index in [2.05, 4.69) is 13.8 Å². The van der Waals surface area contributed by atoms with Crippen LogP contribution in [0.15, 0.2) is 0 Å². The minimum atomic E-state index is -0.267. The lowest BCUT2D eigenvalue weighted by Crippen LogP contribution is -2.46. The molecule has 0 aromatic carbocycles. The smallest absolute Gasteiger partial charge is 0.0936 e. The van der Waals surface area contributed by atoms with Crippen LogP contribution in [0.2, 0.25) is 0 Å². The minimum absolute atomic E-state index is 0.240. The Morgan fingerprint density at radius 3 is 2.26 bits per heavy atom. The molecular formula is C17H34O2. The first-order valence-corrected chi connectivity index (χ1v) is 8.38. The molecule has 0 aromatic heterocycles. The predicted octanol–water partition coefficient (Wildman–Crippen LogP) is 4.69. The van der Waals surface area contributed by atoms with Crippen LogP contribution in [0.1, 0.15) is 84.5 Å². The molecule has 2 nitrogen and oxygen atoms in total. The van der Waals surface area contributed by atoms with Crippen molar-refractivity contribution < 1.29 is 9.84 Å². The summed E-state index contributed by atoms with van der Waals surface area (Å²) in [6, 6.07) is 0. The monoisotopic (exact) mass is 270 g/mol. The first-order valence-electron chi connectivity index (χ1n) is 8.38. The zero-order valence-electron chi connectivity index (χ0n) is 13.3. The summed E-state index contributed by atoms with van der Waals surface area (Å²) in [4.78, 5) is 0. The average Bonchev–Trinajstić information content (AvgIpc) is 2.43. The highest BCUT2D eigenvalue weighted by atomic mass is 16.5. The van der Waals surface area contributed by atoms with E-state index in [1.807, 2.05) is 0 Å². The van der Waals surface area contributed by atoms with Gasteiger partial charge in [0.05, 0.1) is 11.7 Å². The Hall–Kier alpha value is -0.0800. The van der Waals surface area contributed by atoms with Crippen molar-refractivity contribution >= 4 is 0 Å². The van der Waals surface area contributed by atoms with Crippen LogP contribution >= 0.6 is 0 Å². The van der Waals surface area contributed by atoms with Crippen molar-refractivity contribution in [1.82, 2.24) is 0 Å². The van der Waals surface area contributed by atoms with E-state index < -0.39 is 0 Å². The van der Waals surface area contributed by atoms with Crippen LogP contribution < -0.4 is 0 Å². The van der Waals surface area contributed by atoms with Gasteiger partial charge in [-0.3, -0.25) is 0 Å². The summed E-state index contributed by atoms with van der Waals surface area (Å²) in [5.74, 6) is 0.796.